The van der Waals surface area contributed by atoms with Gasteiger partial charge in [-0.15, -0.1) is 10.2 Å². The van der Waals surface area contributed by atoms with Crippen LogP contribution < -0.4 is 9.64 Å². The monoisotopic (exact) mass is 430 g/mol. The number of ether oxygens (including phenoxy) is 1. The first kappa shape index (κ1) is 20.2. The average Bonchev–Trinajstić information content (AvgIpc) is 3.38. The molecule has 30 heavy (non-hydrogen) atoms. The number of rotatable bonds is 5. The van der Waals surface area contributed by atoms with Crippen LogP contribution in [-0.2, 0) is 11.3 Å². The number of hydrogen-bond acceptors (Lipinski definition) is 7. The quantitative estimate of drug-likeness (QED) is 0.614. The van der Waals surface area contributed by atoms with Crippen molar-refractivity contribution in [3.8, 4) is 17.3 Å². The van der Waals surface area contributed by atoms with Crippen molar-refractivity contribution < 1.29 is 13.9 Å². The summed E-state index contributed by atoms with van der Waals surface area (Å²) in [5, 5.41) is 12.7. The van der Waals surface area contributed by atoms with Crippen molar-refractivity contribution in [3.05, 3.63) is 40.9 Å². The fraction of sp³-hybridized carbons (Fsp3) is 0.400. The standard InChI is InChI=1S/C20H23ClN6O3/c1-13-14(2)27(24-19(13)20-23-22-12-30-20)11-18(28)26-8-6-25(7-9-26)15-4-5-16(21)17(10-15)29-3/h4-5,10,12H,6-9,11H2,1-3H3. The maximum Gasteiger partial charge on any atom is 0.268 e. The predicted octanol–water partition coefficient (Wildman–Crippen LogP) is 2.56. The van der Waals surface area contributed by atoms with E-state index in [-0.39, 0.29) is 12.5 Å². The molecule has 10 heteroatoms. The summed E-state index contributed by atoms with van der Waals surface area (Å²) in [6, 6.07) is 5.73. The Morgan fingerprint density at radius 3 is 2.67 bits per heavy atom. The Hall–Kier alpha value is -3.07. The van der Waals surface area contributed by atoms with Gasteiger partial charge in [0.2, 0.25) is 12.3 Å². The van der Waals surface area contributed by atoms with Crippen LogP contribution >= 0.6 is 11.6 Å². The molecule has 0 bridgehead atoms. The predicted molar refractivity (Wildman–Crippen MR) is 112 cm³/mol. The van der Waals surface area contributed by atoms with Crippen LogP contribution in [0.2, 0.25) is 5.02 Å². The molecule has 1 amide bonds. The Kier molecular flexibility index (Phi) is 5.63. The van der Waals surface area contributed by atoms with Crippen molar-refractivity contribution in [2.45, 2.75) is 20.4 Å². The number of hydrogen-bond donors (Lipinski definition) is 0. The third-order valence-electron chi connectivity index (χ3n) is 5.49. The van der Waals surface area contributed by atoms with Gasteiger partial charge in [0.1, 0.15) is 12.3 Å². The molecular formula is C20H23ClN6O3. The molecule has 0 radical (unpaired) electrons. The van der Waals surface area contributed by atoms with E-state index in [1.54, 1.807) is 11.8 Å². The number of amides is 1. The number of carbonyl (C=O) groups excluding carboxylic acids is 1. The fourth-order valence-electron chi connectivity index (χ4n) is 3.56. The van der Waals surface area contributed by atoms with E-state index in [1.807, 2.05) is 36.9 Å². The van der Waals surface area contributed by atoms with Crippen LogP contribution in [0.5, 0.6) is 5.75 Å². The molecule has 0 spiro atoms. The van der Waals surface area contributed by atoms with Crippen LogP contribution in [0, 0.1) is 13.8 Å². The number of carbonyl (C=O) groups is 1. The largest absolute Gasteiger partial charge is 0.495 e. The molecule has 0 saturated carbocycles. The smallest absolute Gasteiger partial charge is 0.268 e. The van der Waals surface area contributed by atoms with E-state index >= 15 is 0 Å². The normalized spacial score (nSPS) is 14.3. The first-order valence-corrected chi connectivity index (χ1v) is 10.0. The second-order valence-corrected chi connectivity index (χ2v) is 7.55. The maximum atomic E-state index is 12.9. The summed E-state index contributed by atoms with van der Waals surface area (Å²) >= 11 is 6.12. The highest BCUT2D eigenvalue weighted by Crippen LogP contribution is 2.30. The molecule has 1 aliphatic heterocycles. The Balaban J connectivity index is 1.40. The van der Waals surface area contributed by atoms with Gasteiger partial charge in [0.05, 0.1) is 12.1 Å². The van der Waals surface area contributed by atoms with Gasteiger partial charge in [-0.25, -0.2) is 0 Å². The number of anilines is 1. The van der Waals surface area contributed by atoms with Gasteiger partial charge in [-0.1, -0.05) is 11.6 Å². The Bertz CT molecular complexity index is 1040. The zero-order chi connectivity index (χ0) is 21.3. The van der Waals surface area contributed by atoms with Crippen molar-refractivity contribution in [1.82, 2.24) is 24.9 Å². The van der Waals surface area contributed by atoms with E-state index in [0.29, 0.717) is 35.4 Å². The van der Waals surface area contributed by atoms with E-state index in [4.69, 9.17) is 20.8 Å². The summed E-state index contributed by atoms with van der Waals surface area (Å²) in [6.45, 7) is 6.79. The zero-order valence-corrected chi connectivity index (χ0v) is 17.9. The lowest BCUT2D eigenvalue weighted by molar-refractivity contribution is -0.132. The van der Waals surface area contributed by atoms with Gasteiger partial charge in [0.15, 0.2) is 5.69 Å². The number of benzene rings is 1. The molecule has 4 rings (SSSR count). The highest BCUT2D eigenvalue weighted by molar-refractivity contribution is 6.32. The number of methoxy groups -OCH3 is 1. The summed E-state index contributed by atoms with van der Waals surface area (Å²) in [6.07, 6.45) is 1.27. The van der Waals surface area contributed by atoms with E-state index in [9.17, 15) is 4.79 Å². The molecule has 158 valence electrons. The van der Waals surface area contributed by atoms with Crippen molar-refractivity contribution in [1.29, 1.82) is 0 Å². The van der Waals surface area contributed by atoms with Gasteiger partial charge >= 0.3 is 0 Å². The van der Waals surface area contributed by atoms with Gasteiger partial charge in [-0.3, -0.25) is 9.48 Å². The van der Waals surface area contributed by atoms with Gasteiger partial charge in [-0.05, 0) is 26.0 Å². The molecule has 1 aromatic carbocycles. The molecule has 1 fully saturated rings. The zero-order valence-electron chi connectivity index (χ0n) is 17.1. The van der Waals surface area contributed by atoms with Crippen LogP contribution in [0.15, 0.2) is 29.0 Å². The lowest BCUT2D eigenvalue weighted by atomic mass is 10.2. The van der Waals surface area contributed by atoms with Gasteiger partial charge in [-0.2, -0.15) is 5.10 Å². The second kappa shape index (κ2) is 8.35. The van der Waals surface area contributed by atoms with Crippen LogP contribution in [0.3, 0.4) is 0 Å². The van der Waals surface area contributed by atoms with E-state index in [1.165, 1.54) is 6.39 Å². The van der Waals surface area contributed by atoms with Crippen LogP contribution in [0.25, 0.3) is 11.6 Å². The minimum atomic E-state index is 0.0333. The number of halogens is 1. The molecule has 0 unspecified atom stereocenters. The molecule has 2 aromatic heterocycles. The summed E-state index contributed by atoms with van der Waals surface area (Å²) in [5.41, 5.74) is 3.47. The number of piperazine rings is 1. The minimum absolute atomic E-state index is 0.0333. The van der Waals surface area contributed by atoms with Gasteiger partial charge in [0.25, 0.3) is 5.89 Å². The van der Waals surface area contributed by atoms with Gasteiger partial charge in [0, 0.05) is 49.2 Å². The van der Waals surface area contributed by atoms with Crippen molar-refractivity contribution in [2.75, 3.05) is 38.2 Å². The third kappa shape index (κ3) is 3.85. The van der Waals surface area contributed by atoms with Crippen LogP contribution in [-0.4, -0.2) is 64.1 Å². The van der Waals surface area contributed by atoms with Crippen molar-refractivity contribution in [2.24, 2.45) is 0 Å². The molecule has 9 nitrogen and oxygen atoms in total. The molecule has 1 saturated heterocycles. The first-order chi connectivity index (χ1) is 14.5. The Morgan fingerprint density at radius 1 is 1.23 bits per heavy atom. The number of aromatic nitrogens is 4. The Labute approximate surface area is 179 Å². The third-order valence-corrected chi connectivity index (χ3v) is 5.80. The molecule has 3 heterocycles. The van der Waals surface area contributed by atoms with Gasteiger partial charge < -0.3 is 19.0 Å². The highest BCUT2D eigenvalue weighted by atomic mass is 35.5. The summed E-state index contributed by atoms with van der Waals surface area (Å²) in [4.78, 5) is 17.0. The summed E-state index contributed by atoms with van der Waals surface area (Å²) in [5.74, 6) is 1.04. The van der Waals surface area contributed by atoms with E-state index in [2.05, 4.69) is 20.2 Å². The van der Waals surface area contributed by atoms with E-state index in [0.717, 1.165) is 30.0 Å². The first-order valence-electron chi connectivity index (χ1n) is 9.64. The summed E-state index contributed by atoms with van der Waals surface area (Å²) in [7, 11) is 1.60. The fourth-order valence-corrected chi connectivity index (χ4v) is 3.75. The average molecular weight is 431 g/mol. The molecule has 3 aromatic rings. The van der Waals surface area contributed by atoms with E-state index < -0.39 is 0 Å². The van der Waals surface area contributed by atoms with Crippen LogP contribution in [0.1, 0.15) is 11.3 Å². The van der Waals surface area contributed by atoms with Crippen LogP contribution in [0.4, 0.5) is 5.69 Å². The summed E-state index contributed by atoms with van der Waals surface area (Å²) < 4.78 is 12.3. The molecular weight excluding hydrogens is 408 g/mol. The lowest BCUT2D eigenvalue weighted by Crippen LogP contribution is -2.49. The topological polar surface area (TPSA) is 89.5 Å². The Morgan fingerprint density at radius 2 is 2.00 bits per heavy atom. The number of nitrogens with zero attached hydrogens (tertiary/aromatic N) is 6. The van der Waals surface area contributed by atoms with Crippen molar-refractivity contribution >= 4 is 23.2 Å². The second-order valence-electron chi connectivity index (χ2n) is 7.15. The molecule has 0 atom stereocenters. The molecule has 0 N–H and O–H groups in total. The lowest BCUT2D eigenvalue weighted by Gasteiger charge is -2.36. The molecule has 1 aliphatic rings. The minimum Gasteiger partial charge on any atom is -0.495 e. The highest BCUT2D eigenvalue weighted by Gasteiger charge is 2.24. The van der Waals surface area contributed by atoms with Crippen molar-refractivity contribution in [3.63, 3.8) is 0 Å². The maximum absolute atomic E-state index is 12.9. The SMILES string of the molecule is COc1cc(N2CCN(C(=O)Cn3nc(-c4nnco4)c(C)c3C)CC2)ccc1Cl. The molecule has 0 aliphatic carbocycles.